The van der Waals surface area contributed by atoms with E-state index < -0.39 is 31.0 Å². The first-order valence-corrected chi connectivity index (χ1v) is 10.3. The van der Waals surface area contributed by atoms with E-state index in [-0.39, 0.29) is 6.61 Å². The van der Waals surface area contributed by atoms with Crippen molar-refractivity contribution in [3.8, 4) is 0 Å². The van der Waals surface area contributed by atoms with Gasteiger partial charge in [0.25, 0.3) is 0 Å². The molecule has 0 amide bonds. The van der Waals surface area contributed by atoms with Crippen LogP contribution in [0.5, 0.6) is 0 Å². The molecule has 0 aromatic rings. The van der Waals surface area contributed by atoms with Crippen LogP contribution in [0, 0.1) is 0 Å². The maximum Gasteiger partial charge on any atom is 0.160 e. The Bertz CT molecular complexity index is 353. The van der Waals surface area contributed by atoms with Crippen LogP contribution in [0.3, 0.4) is 0 Å². The average Bonchev–Trinajstić information content (AvgIpc) is 2.96. The summed E-state index contributed by atoms with van der Waals surface area (Å²) in [5.74, 6) is 0. The van der Waals surface area contributed by atoms with Crippen molar-refractivity contribution in [1.82, 2.24) is 0 Å². The summed E-state index contributed by atoms with van der Waals surface area (Å²) in [5.41, 5.74) is 0. The van der Waals surface area contributed by atoms with E-state index in [1.807, 2.05) is 0 Å². The van der Waals surface area contributed by atoms with Crippen LogP contribution < -0.4 is 0 Å². The Morgan fingerprint density at radius 1 is 1.08 bits per heavy atom. The van der Waals surface area contributed by atoms with E-state index in [9.17, 15) is 10.2 Å². The molecule has 0 bridgehead atoms. The van der Waals surface area contributed by atoms with Gasteiger partial charge in [0.15, 0.2) is 11.2 Å². The van der Waals surface area contributed by atoms with Gasteiger partial charge in [-0.1, -0.05) is 64.7 Å². The van der Waals surface area contributed by atoms with Crippen LogP contribution in [0.1, 0.15) is 77.6 Å². The summed E-state index contributed by atoms with van der Waals surface area (Å²) in [7, 11) is 0. The van der Waals surface area contributed by atoms with Crippen LogP contribution in [0.15, 0.2) is 0 Å². The fraction of sp³-hybridized carbons (Fsp3) is 0.947. The molecule has 1 saturated heterocycles. The fourth-order valence-corrected chi connectivity index (χ4v) is 3.42. The standard InChI is InChI=1S/C19H36O5S/c1-2-3-4-5-6-7-8-9-10-11-12-17(25)24-19-16(22)14-23-18(19)15(21)13-20/h15-16,18-22H,2-14H2,1H3/t15-,16+,18-,19-/m0/s1. The minimum atomic E-state index is -1.07. The summed E-state index contributed by atoms with van der Waals surface area (Å²) in [6.07, 6.45) is 10.0. The topological polar surface area (TPSA) is 79.2 Å². The summed E-state index contributed by atoms with van der Waals surface area (Å²) < 4.78 is 10.9. The Labute approximate surface area is 157 Å². The molecule has 5 nitrogen and oxygen atoms in total. The van der Waals surface area contributed by atoms with Crippen LogP contribution >= 0.6 is 12.2 Å². The zero-order valence-electron chi connectivity index (χ0n) is 15.6. The van der Waals surface area contributed by atoms with Crippen molar-refractivity contribution in [2.24, 2.45) is 0 Å². The van der Waals surface area contributed by atoms with Gasteiger partial charge >= 0.3 is 0 Å². The smallest absolute Gasteiger partial charge is 0.160 e. The summed E-state index contributed by atoms with van der Waals surface area (Å²) >= 11 is 5.25. The quantitative estimate of drug-likeness (QED) is 0.319. The molecule has 0 aromatic carbocycles. The molecule has 0 radical (unpaired) electrons. The van der Waals surface area contributed by atoms with Crippen molar-refractivity contribution in [2.75, 3.05) is 13.2 Å². The van der Waals surface area contributed by atoms with Crippen molar-refractivity contribution in [2.45, 2.75) is 102 Å². The van der Waals surface area contributed by atoms with E-state index in [1.54, 1.807) is 0 Å². The molecule has 0 spiro atoms. The van der Waals surface area contributed by atoms with Crippen LogP contribution in [0.2, 0.25) is 0 Å². The third-order valence-electron chi connectivity index (χ3n) is 4.73. The molecule has 0 saturated carbocycles. The number of hydrogen-bond donors (Lipinski definition) is 3. The Morgan fingerprint density at radius 2 is 1.64 bits per heavy atom. The lowest BCUT2D eigenvalue weighted by atomic mass is 10.1. The summed E-state index contributed by atoms with van der Waals surface area (Å²) in [6, 6.07) is 0. The van der Waals surface area contributed by atoms with Gasteiger partial charge in [0, 0.05) is 6.42 Å². The third-order valence-corrected chi connectivity index (χ3v) is 5.03. The minimum absolute atomic E-state index is 0.0905. The molecule has 1 rings (SSSR count). The molecule has 4 atom stereocenters. The minimum Gasteiger partial charge on any atom is -0.478 e. The Kier molecular flexibility index (Phi) is 12.6. The monoisotopic (exact) mass is 376 g/mol. The van der Waals surface area contributed by atoms with Gasteiger partial charge < -0.3 is 24.8 Å². The van der Waals surface area contributed by atoms with Crippen molar-refractivity contribution in [3.63, 3.8) is 0 Å². The second-order valence-electron chi connectivity index (χ2n) is 7.00. The highest BCUT2D eigenvalue weighted by Gasteiger charge is 2.42. The summed E-state index contributed by atoms with van der Waals surface area (Å²) in [5, 5.41) is 29.1. The zero-order chi connectivity index (χ0) is 18.5. The SMILES string of the molecule is CCCCCCCCCCCCC(=S)O[C@@H]1[C@H]([C@@H](O)CO)OC[C@H]1O. The van der Waals surface area contributed by atoms with Gasteiger partial charge in [-0.2, -0.15) is 0 Å². The van der Waals surface area contributed by atoms with Crippen LogP contribution in [-0.4, -0.2) is 58.0 Å². The molecule has 0 aliphatic carbocycles. The number of aliphatic hydroxyl groups excluding tert-OH is 3. The van der Waals surface area contributed by atoms with E-state index in [1.165, 1.54) is 51.4 Å². The van der Waals surface area contributed by atoms with Crippen molar-refractivity contribution >= 4 is 17.3 Å². The van der Waals surface area contributed by atoms with Gasteiger partial charge in [-0.3, -0.25) is 0 Å². The number of ether oxygens (including phenoxy) is 2. The molecule has 148 valence electrons. The largest absolute Gasteiger partial charge is 0.478 e. The van der Waals surface area contributed by atoms with E-state index in [4.69, 9.17) is 26.8 Å². The highest BCUT2D eigenvalue weighted by molar-refractivity contribution is 7.80. The van der Waals surface area contributed by atoms with Crippen LogP contribution in [-0.2, 0) is 9.47 Å². The van der Waals surface area contributed by atoms with E-state index >= 15 is 0 Å². The molecule has 25 heavy (non-hydrogen) atoms. The number of rotatable bonds is 14. The number of hydrogen-bond acceptors (Lipinski definition) is 6. The fourth-order valence-electron chi connectivity index (χ4n) is 3.17. The van der Waals surface area contributed by atoms with Gasteiger partial charge in [-0.05, 0) is 18.6 Å². The normalized spacial score (nSPS) is 24.4. The molecule has 1 fully saturated rings. The van der Waals surface area contributed by atoms with Gasteiger partial charge in [-0.25, -0.2) is 0 Å². The molecule has 3 N–H and O–H groups in total. The first-order chi connectivity index (χ1) is 12.1. The molecular weight excluding hydrogens is 340 g/mol. The predicted octanol–water partition coefficient (Wildman–Crippen LogP) is 3.12. The zero-order valence-corrected chi connectivity index (χ0v) is 16.4. The lowest BCUT2D eigenvalue weighted by Gasteiger charge is -2.24. The molecular formula is C19H36O5S. The van der Waals surface area contributed by atoms with Crippen molar-refractivity contribution in [1.29, 1.82) is 0 Å². The van der Waals surface area contributed by atoms with E-state index in [0.717, 1.165) is 12.8 Å². The molecule has 1 aliphatic heterocycles. The number of unbranched alkanes of at least 4 members (excludes halogenated alkanes) is 9. The average molecular weight is 377 g/mol. The van der Waals surface area contributed by atoms with Gasteiger partial charge in [0.2, 0.25) is 0 Å². The highest BCUT2D eigenvalue weighted by Crippen LogP contribution is 2.22. The summed E-state index contributed by atoms with van der Waals surface area (Å²) in [6.45, 7) is 1.90. The predicted molar refractivity (Wildman–Crippen MR) is 103 cm³/mol. The molecule has 0 aromatic heterocycles. The van der Waals surface area contributed by atoms with Gasteiger partial charge in [-0.15, -0.1) is 0 Å². The van der Waals surface area contributed by atoms with Gasteiger partial charge in [0.05, 0.1) is 13.2 Å². The lowest BCUT2D eigenvalue weighted by molar-refractivity contribution is -0.0642. The summed E-state index contributed by atoms with van der Waals surface area (Å²) in [4.78, 5) is 0. The molecule has 0 unspecified atom stereocenters. The van der Waals surface area contributed by atoms with Crippen molar-refractivity contribution < 1.29 is 24.8 Å². The van der Waals surface area contributed by atoms with E-state index in [0.29, 0.717) is 11.5 Å². The maximum absolute atomic E-state index is 9.90. The second-order valence-corrected chi connectivity index (χ2v) is 7.46. The van der Waals surface area contributed by atoms with Crippen LogP contribution in [0.4, 0.5) is 0 Å². The first-order valence-electron chi connectivity index (χ1n) is 9.88. The Morgan fingerprint density at radius 3 is 2.20 bits per heavy atom. The van der Waals surface area contributed by atoms with E-state index in [2.05, 4.69) is 6.92 Å². The Balaban J connectivity index is 2.06. The highest BCUT2D eigenvalue weighted by atomic mass is 32.1. The molecule has 1 aliphatic rings. The molecule has 6 heteroatoms. The maximum atomic E-state index is 9.90. The Hall–Kier alpha value is -0.270. The third kappa shape index (κ3) is 9.29. The second kappa shape index (κ2) is 13.9. The number of aliphatic hydroxyl groups is 3. The molecule has 1 heterocycles. The lowest BCUT2D eigenvalue weighted by Crippen LogP contribution is -2.43. The van der Waals surface area contributed by atoms with Crippen molar-refractivity contribution in [3.05, 3.63) is 0 Å². The number of thiocarbonyl (C=S) groups is 1. The first kappa shape index (κ1) is 22.8. The van der Waals surface area contributed by atoms with Crippen LogP contribution in [0.25, 0.3) is 0 Å². The van der Waals surface area contributed by atoms with Gasteiger partial charge in [0.1, 0.15) is 18.3 Å².